The van der Waals surface area contributed by atoms with E-state index < -0.39 is 10.0 Å². The van der Waals surface area contributed by atoms with Gasteiger partial charge in [0, 0.05) is 18.2 Å². The Hall–Kier alpha value is -2.74. The van der Waals surface area contributed by atoms with Crippen LogP contribution >= 0.6 is 0 Å². The summed E-state index contributed by atoms with van der Waals surface area (Å²) in [4.78, 5) is 12.2. The molecule has 0 saturated heterocycles. The van der Waals surface area contributed by atoms with Gasteiger partial charge in [-0.05, 0) is 36.2 Å². The standard InChI is InChI=1S/C19H22N2O5S/c1-13(2)12-20-19(22)14-4-3-5-16(10-14)27(23,24)21-15-6-7-17-18(11-15)26-9-8-25-17/h3-7,10-11,13,21H,8-9,12H2,1-2H3,(H,20,22). The van der Waals surface area contributed by atoms with Crippen molar-refractivity contribution in [3.8, 4) is 11.5 Å². The molecule has 0 saturated carbocycles. The fourth-order valence-corrected chi connectivity index (χ4v) is 3.62. The number of carbonyl (C=O) groups is 1. The van der Waals surface area contributed by atoms with Crippen LogP contribution in [0.25, 0.3) is 0 Å². The Morgan fingerprint density at radius 2 is 1.81 bits per heavy atom. The van der Waals surface area contributed by atoms with Crippen LogP contribution in [0, 0.1) is 5.92 Å². The van der Waals surface area contributed by atoms with Crippen molar-refractivity contribution in [3.05, 3.63) is 48.0 Å². The van der Waals surface area contributed by atoms with Gasteiger partial charge in [0.15, 0.2) is 11.5 Å². The smallest absolute Gasteiger partial charge is 0.261 e. The Bertz CT molecular complexity index is 941. The van der Waals surface area contributed by atoms with Crippen molar-refractivity contribution in [2.75, 3.05) is 24.5 Å². The lowest BCUT2D eigenvalue weighted by atomic mass is 10.2. The Kier molecular flexibility index (Phi) is 5.55. The minimum absolute atomic E-state index is 0.00888. The van der Waals surface area contributed by atoms with Gasteiger partial charge in [-0.3, -0.25) is 9.52 Å². The molecule has 0 spiro atoms. The Morgan fingerprint density at radius 3 is 2.56 bits per heavy atom. The third-order valence-electron chi connectivity index (χ3n) is 3.87. The molecule has 3 rings (SSSR count). The van der Waals surface area contributed by atoms with Gasteiger partial charge in [-0.1, -0.05) is 19.9 Å². The maximum atomic E-state index is 12.7. The van der Waals surface area contributed by atoms with Gasteiger partial charge in [-0.2, -0.15) is 0 Å². The molecule has 1 aliphatic rings. The Balaban J connectivity index is 1.79. The van der Waals surface area contributed by atoms with E-state index in [0.717, 1.165) is 0 Å². The van der Waals surface area contributed by atoms with Crippen LogP contribution < -0.4 is 19.5 Å². The van der Waals surface area contributed by atoms with Crippen molar-refractivity contribution in [2.24, 2.45) is 5.92 Å². The molecule has 1 heterocycles. The molecule has 2 N–H and O–H groups in total. The molecule has 2 aromatic carbocycles. The third kappa shape index (κ3) is 4.71. The predicted molar refractivity (Wildman–Crippen MR) is 102 cm³/mol. The van der Waals surface area contributed by atoms with Crippen molar-refractivity contribution in [1.82, 2.24) is 5.32 Å². The number of benzene rings is 2. The molecule has 0 atom stereocenters. The lowest BCUT2D eigenvalue weighted by Crippen LogP contribution is -2.27. The van der Waals surface area contributed by atoms with Crippen molar-refractivity contribution in [3.63, 3.8) is 0 Å². The summed E-state index contributed by atoms with van der Waals surface area (Å²) in [5.41, 5.74) is 0.648. The molecule has 0 bridgehead atoms. The van der Waals surface area contributed by atoms with E-state index in [-0.39, 0.29) is 10.8 Å². The number of amides is 1. The van der Waals surface area contributed by atoms with Gasteiger partial charge in [-0.15, -0.1) is 0 Å². The summed E-state index contributed by atoms with van der Waals surface area (Å²) >= 11 is 0. The highest BCUT2D eigenvalue weighted by atomic mass is 32.2. The average molecular weight is 390 g/mol. The number of hydrogen-bond acceptors (Lipinski definition) is 5. The van der Waals surface area contributed by atoms with Crippen LogP contribution in [-0.2, 0) is 10.0 Å². The summed E-state index contributed by atoms with van der Waals surface area (Å²) in [6.45, 7) is 5.36. The van der Waals surface area contributed by atoms with Crippen LogP contribution in [0.15, 0.2) is 47.4 Å². The van der Waals surface area contributed by atoms with Crippen LogP contribution in [0.1, 0.15) is 24.2 Å². The van der Waals surface area contributed by atoms with E-state index in [4.69, 9.17) is 9.47 Å². The molecule has 0 fully saturated rings. The van der Waals surface area contributed by atoms with Gasteiger partial charge in [0.2, 0.25) is 0 Å². The maximum absolute atomic E-state index is 12.7. The summed E-state index contributed by atoms with van der Waals surface area (Å²) < 4.78 is 38.8. The second kappa shape index (κ2) is 7.87. The van der Waals surface area contributed by atoms with Crippen LogP contribution in [0.2, 0.25) is 0 Å². The van der Waals surface area contributed by atoms with E-state index in [0.29, 0.717) is 48.4 Å². The maximum Gasteiger partial charge on any atom is 0.261 e. The van der Waals surface area contributed by atoms with Gasteiger partial charge in [0.1, 0.15) is 13.2 Å². The van der Waals surface area contributed by atoms with Crippen LogP contribution in [0.5, 0.6) is 11.5 Å². The quantitative estimate of drug-likeness (QED) is 0.791. The molecule has 144 valence electrons. The highest BCUT2D eigenvalue weighted by Crippen LogP contribution is 2.33. The topological polar surface area (TPSA) is 93.7 Å². The lowest BCUT2D eigenvalue weighted by molar-refractivity contribution is 0.0949. The van der Waals surface area contributed by atoms with E-state index in [1.165, 1.54) is 12.1 Å². The summed E-state index contributed by atoms with van der Waals surface area (Å²) in [7, 11) is -3.85. The van der Waals surface area contributed by atoms with Crippen LogP contribution in [0.4, 0.5) is 5.69 Å². The normalized spacial score (nSPS) is 13.3. The van der Waals surface area contributed by atoms with Gasteiger partial charge in [0.05, 0.1) is 10.6 Å². The SMILES string of the molecule is CC(C)CNC(=O)c1cccc(S(=O)(=O)Nc2ccc3c(c2)OCCO3)c1. The fraction of sp³-hybridized carbons (Fsp3) is 0.316. The van der Waals surface area contributed by atoms with E-state index in [1.54, 1.807) is 30.3 Å². The molecule has 1 aliphatic heterocycles. The molecule has 27 heavy (non-hydrogen) atoms. The molecule has 8 heteroatoms. The Labute approximate surface area is 158 Å². The number of fused-ring (bicyclic) bond motifs is 1. The fourth-order valence-electron chi connectivity index (χ4n) is 2.52. The van der Waals surface area contributed by atoms with E-state index in [2.05, 4.69) is 10.0 Å². The van der Waals surface area contributed by atoms with Crippen molar-refractivity contribution < 1.29 is 22.7 Å². The third-order valence-corrected chi connectivity index (χ3v) is 5.25. The second-order valence-corrected chi connectivity index (χ2v) is 8.28. The number of rotatable bonds is 6. The molecule has 1 amide bonds. The number of ether oxygens (including phenoxy) is 2. The number of nitrogens with one attached hydrogen (secondary N) is 2. The lowest BCUT2D eigenvalue weighted by Gasteiger charge is -2.19. The minimum Gasteiger partial charge on any atom is -0.486 e. The van der Waals surface area contributed by atoms with E-state index in [9.17, 15) is 13.2 Å². The van der Waals surface area contributed by atoms with Crippen LogP contribution in [0.3, 0.4) is 0 Å². The Morgan fingerprint density at radius 1 is 1.07 bits per heavy atom. The van der Waals surface area contributed by atoms with Gasteiger partial charge in [-0.25, -0.2) is 8.42 Å². The first-order valence-electron chi connectivity index (χ1n) is 8.66. The van der Waals surface area contributed by atoms with Gasteiger partial charge >= 0.3 is 0 Å². The molecule has 0 radical (unpaired) electrons. The zero-order chi connectivity index (χ0) is 19.4. The minimum atomic E-state index is -3.85. The molecular weight excluding hydrogens is 368 g/mol. The van der Waals surface area contributed by atoms with Gasteiger partial charge in [0.25, 0.3) is 15.9 Å². The van der Waals surface area contributed by atoms with Crippen molar-refractivity contribution >= 4 is 21.6 Å². The molecule has 0 unspecified atom stereocenters. The van der Waals surface area contributed by atoms with E-state index >= 15 is 0 Å². The highest BCUT2D eigenvalue weighted by Gasteiger charge is 2.19. The number of hydrogen-bond donors (Lipinski definition) is 2. The second-order valence-electron chi connectivity index (χ2n) is 6.60. The van der Waals surface area contributed by atoms with Gasteiger partial charge < -0.3 is 14.8 Å². The number of anilines is 1. The summed E-state index contributed by atoms with van der Waals surface area (Å²) in [5.74, 6) is 1.06. The largest absolute Gasteiger partial charge is 0.486 e. The zero-order valence-corrected chi connectivity index (χ0v) is 16.0. The molecule has 2 aromatic rings. The van der Waals surface area contributed by atoms with E-state index in [1.807, 2.05) is 13.8 Å². The van der Waals surface area contributed by atoms with Crippen molar-refractivity contribution in [1.29, 1.82) is 0 Å². The average Bonchev–Trinajstić information content (AvgIpc) is 2.65. The first-order chi connectivity index (χ1) is 12.8. The molecule has 7 nitrogen and oxygen atoms in total. The molecule has 0 aliphatic carbocycles. The first-order valence-corrected chi connectivity index (χ1v) is 10.1. The first kappa shape index (κ1) is 19.0. The molecule has 0 aromatic heterocycles. The summed E-state index contributed by atoms with van der Waals surface area (Å²) in [6, 6.07) is 10.8. The highest BCUT2D eigenvalue weighted by molar-refractivity contribution is 7.92. The number of sulfonamides is 1. The van der Waals surface area contributed by atoms with Crippen LogP contribution in [-0.4, -0.2) is 34.1 Å². The monoisotopic (exact) mass is 390 g/mol. The predicted octanol–water partition coefficient (Wildman–Crippen LogP) is 2.64. The number of carbonyl (C=O) groups excluding carboxylic acids is 1. The molecular formula is C19H22N2O5S. The summed E-state index contributed by atoms with van der Waals surface area (Å²) in [6.07, 6.45) is 0. The zero-order valence-electron chi connectivity index (χ0n) is 15.2. The summed E-state index contributed by atoms with van der Waals surface area (Å²) in [5, 5.41) is 2.78. The van der Waals surface area contributed by atoms with Crippen molar-refractivity contribution in [2.45, 2.75) is 18.7 Å².